The van der Waals surface area contributed by atoms with Crippen molar-refractivity contribution in [2.75, 3.05) is 26.2 Å². The zero-order valence-electron chi connectivity index (χ0n) is 12.2. The zero-order valence-corrected chi connectivity index (χ0v) is 12.2. The van der Waals surface area contributed by atoms with Gasteiger partial charge in [-0.1, -0.05) is 33.6 Å². The van der Waals surface area contributed by atoms with E-state index in [4.69, 9.17) is 5.73 Å². The second kappa shape index (κ2) is 7.10. The van der Waals surface area contributed by atoms with Crippen LogP contribution < -0.4 is 11.1 Å². The van der Waals surface area contributed by atoms with Gasteiger partial charge in [-0.3, -0.25) is 4.79 Å². The van der Waals surface area contributed by atoms with E-state index < -0.39 is 6.04 Å². The van der Waals surface area contributed by atoms with Crippen LogP contribution in [-0.4, -0.2) is 43.0 Å². The number of nitrogens with two attached hydrogens (primary N) is 1. The number of nitrogens with one attached hydrogen (secondary N) is 1. The Morgan fingerprint density at radius 3 is 2.28 bits per heavy atom. The normalized spacial score (nSPS) is 20.2. The third-order valence-corrected chi connectivity index (χ3v) is 3.64. The molecule has 0 aromatic rings. The predicted octanol–water partition coefficient (Wildman–Crippen LogP) is 1.35. The van der Waals surface area contributed by atoms with Crippen LogP contribution in [0.2, 0.25) is 0 Å². The molecule has 106 valence electrons. The number of nitrogens with zero attached hydrogens (tertiary/aromatic N) is 1. The SMILES string of the molecule is CC(C)(C)[C@H](N)C(=O)NCCN1CCCCCC1. The Labute approximate surface area is 111 Å². The van der Waals surface area contributed by atoms with E-state index in [1.807, 2.05) is 20.8 Å². The molecule has 3 N–H and O–H groups in total. The van der Waals surface area contributed by atoms with Gasteiger partial charge in [0.15, 0.2) is 0 Å². The maximum atomic E-state index is 11.8. The molecule has 0 unspecified atom stereocenters. The minimum Gasteiger partial charge on any atom is -0.353 e. The van der Waals surface area contributed by atoms with Gasteiger partial charge in [0.25, 0.3) is 0 Å². The van der Waals surface area contributed by atoms with Crippen molar-refractivity contribution in [1.82, 2.24) is 10.2 Å². The van der Waals surface area contributed by atoms with Gasteiger partial charge in [-0.25, -0.2) is 0 Å². The molecule has 1 saturated heterocycles. The van der Waals surface area contributed by atoms with Crippen LogP contribution in [0.4, 0.5) is 0 Å². The Hall–Kier alpha value is -0.610. The largest absolute Gasteiger partial charge is 0.353 e. The lowest BCUT2D eigenvalue weighted by atomic mass is 9.87. The van der Waals surface area contributed by atoms with Crippen molar-refractivity contribution in [3.05, 3.63) is 0 Å². The fourth-order valence-corrected chi connectivity index (χ4v) is 2.20. The van der Waals surface area contributed by atoms with E-state index in [2.05, 4.69) is 10.2 Å². The van der Waals surface area contributed by atoms with Crippen LogP contribution in [0.1, 0.15) is 46.5 Å². The fraction of sp³-hybridized carbons (Fsp3) is 0.929. The summed E-state index contributed by atoms with van der Waals surface area (Å²) >= 11 is 0. The summed E-state index contributed by atoms with van der Waals surface area (Å²) in [5, 5.41) is 2.95. The van der Waals surface area contributed by atoms with Gasteiger partial charge >= 0.3 is 0 Å². The first-order chi connectivity index (χ1) is 8.41. The third-order valence-electron chi connectivity index (χ3n) is 3.64. The minimum absolute atomic E-state index is 0.0303. The lowest BCUT2D eigenvalue weighted by Crippen LogP contribution is -2.50. The average molecular weight is 255 g/mol. The fourth-order valence-electron chi connectivity index (χ4n) is 2.20. The lowest BCUT2D eigenvalue weighted by Gasteiger charge is -2.26. The summed E-state index contributed by atoms with van der Waals surface area (Å²) in [6, 6.07) is -0.429. The molecule has 0 spiro atoms. The highest BCUT2D eigenvalue weighted by atomic mass is 16.2. The molecule has 18 heavy (non-hydrogen) atoms. The topological polar surface area (TPSA) is 58.4 Å². The highest BCUT2D eigenvalue weighted by Crippen LogP contribution is 2.17. The van der Waals surface area contributed by atoms with Gasteiger partial charge in [0.05, 0.1) is 6.04 Å². The standard InChI is InChI=1S/C14H29N3O/c1-14(2,3)12(15)13(18)16-8-11-17-9-6-4-5-7-10-17/h12H,4-11,15H2,1-3H3,(H,16,18)/t12-/m1/s1. The monoisotopic (exact) mass is 255 g/mol. The van der Waals surface area contributed by atoms with E-state index in [9.17, 15) is 4.79 Å². The molecule has 1 aliphatic rings. The molecular weight excluding hydrogens is 226 g/mol. The molecule has 0 bridgehead atoms. The number of carbonyl (C=O) groups is 1. The summed E-state index contributed by atoms with van der Waals surface area (Å²) in [7, 11) is 0. The Kier molecular flexibility index (Phi) is 6.09. The van der Waals surface area contributed by atoms with Gasteiger partial charge in [0.1, 0.15) is 0 Å². The highest BCUT2D eigenvalue weighted by Gasteiger charge is 2.27. The lowest BCUT2D eigenvalue weighted by molar-refractivity contribution is -0.124. The first-order valence-corrected chi connectivity index (χ1v) is 7.17. The van der Waals surface area contributed by atoms with Crippen LogP contribution in [0.5, 0.6) is 0 Å². The van der Waals surface area contributed by atoms with Crippen LogP contribution in [0.3, 0.4) is 0 Å². The molecule has 0 saturated carbocycles. The number of hydrogen-bond acceptors (Lipinski definition) is 3. The van der Waals surface area contributed by atoms with Crippen molar-refractivity contribution < 1.29 is 4.79 Å². The Bertz CT molecular complexity index is 252. The van der Waals surface area contributed by atoms with E-state index in [-0.39, 0.29) is 11.3 Å². The first-order valence-electron chi connectivity index (χ1n) is 7.17. The molecule has 0 aromatic heterocycles. The second-order valence-corrected chi connectivity index (χ2v) is 6.39. The van der Waals surface area contributed by atoms with Gasteiger partial charge in [-0.15, -0.1) is 0 Å². The molecule has 1 atom stereocenters. The van der Waals surface area contributed by atoms with Crippen LogP contribution >= 0.6 is 0 Å². The zero-order chi connectivity index (χ0) is 13.6. The van der Waals surface area contributed by atoms with Crippen LogP contribution in [0.25, 0.3) is 0 Å². The Morgan fingerprint density at radius 1 is 1.22 bits per heavy atom. The van der Waals surface area contributed by atoms with Crippen molar-refractivity contribution in [2.45, 2.75) is 52.5 Å². The quantitative estimate of drug-likeness (QED) is 0.797. The molecule has 1 aliphatic heterocycles. The third kappa shape index (κ3) is 5.36. The molecule has 4 nitrogen and oxygen atoms in total. The number of likely N-dealkylation sites (tertiary alicyclic amines) is 1. The first kappa shape index (κ1) is 15.4. The van der Waals surface area contributed by atoms with E-state index >= 15 is 0 Å². The molecule has 0 radical (unpaired) electrons. The van der Waals surface area contributed by atoms with E-state index in [0.717, 1.165) is 6.54 Å². The van der Waals surface area contributed by atoms with Gasteiger partial charge in [-0.2, -0.15) is 0 Å². The minimum atomic E-state index is -0.429. The van der Waals surface area contributed by atoms with Crippen LogP contribution in [-0.2, 0) is 4.79 Å². The Morgan fingerprint density at radius 2 is 1.78 bits per heavy atom. The number of carbonyl (C=O) groups excluding carboxylic acids is 1. The van der Waals surface area contributed by atoms with Crippen LogP contribution in [0.15, 0.2) is 0 Å². The summed E-state index contributed by atoms with van der Waals surface area (Å²) < 4.78 is 0. The van der Waals surface area contributed by atoms with Crippen molar-refractivity contribution in [1.29, 1.82) is 0 Å². The molecule has 1 rings (SSSR count). The van der Waals surface area contributed by atoms with E-state index in [0.29, 0.717) is 6.54 Å². The molecule has 4 heteroatoms. The van der Waals surface area contributed by atoms with Crippen LogP contribution in [0, 0.1) is 5.41 Å². The Balaban J connectivity index is 2.22. The summed E-state index contributed by atoms with van der Waals surface area (Å²) in [6.07, 6.45) is 5.26. The summed E-state index contributed by atoms with van der Waals surface area (Å²) in [4.78, 5) is 14.3. The smallest absolute Gasteiger partial charge is 0.237 e. The van der Waals surface area contributed by atoms with Gasteiger partial charge in [-0.05, 0) is 31.3 Å². The molecule has 0 aliphatic carbocycles. The average Bonchev–Trinajstić information content (AvgIpc) is 2.55. The summed E-state index contributed by atoms with van der Waals surface area (Å²) in [5.74, 6) is -0.0303. The number of hydrogen-bond donors (Lipinski definition) is 2. The highest BCUT2D eigenvalue weighted by molar-refractivity contribution is 5.82. The van der Waals surface area contributed by atoms with Crippen molar-refractivity contribution in [3.8, 4) is 0 Å². The van der Waals surface area contributed by atoms with Gasteiger partial charge in [0, 0.05) is 13.1 Å². The molecule has 1 heterocycles. The molecule has 0 aromatic carbocycles. The predicted molar refractivity (Wildman–Crippen MR) is 75.3 cm³/mol. The molecule has 1 amide bonds. The number of rotatable bonds is 4. The van der Waals surface area contributed by atoms with E-state index in [1.54, 1.807) is 0 Å². The summed E-state index contributed by atoms with van der Waals surface area (Å²) in [5.41, 5.74) is 5.74. The van der Waals surface area contributed by atoms with Crippen molar-refractivity contribution in [3.63, 3.8) is 0 Å². The van der Waals surface area contributed by atoms with E-state index in [1.165, 1.54) is 38.8 Å². The number of amides is 1. The van der Waals surface area contributed by atoms with Gasteiger partial charge in [0.2, 0.25) is 5.91 Å². The molecule has 1 fully saturated rings. The second-order valence-electron chi connectivity index (χ2n) is 6.39. The van der Waals surface area contributed by atoms with Crippen molar-refractivity contribution >= 4 is 5.91 Å². The maximum absolute atomic E-state index is 11.8. The molecular formula is C14H29N3O. The maximum Gasteiger partial charge on any atom is 0.237 e. The van der Waals surface area contributed by atoms with Gasteiger partial charge < -0.3 is 16.0 Å². The van der Waals surface area contributed by atoms with Crippen molar-refractivity contribution in [2.24, 2.45) is 11.1 Å². The summed E-state index contributed by atoms with van der Waals surface area (Å²) in [6.45, 7) is 9.97.